The number of nitrogens with two attached hydrogens (primary N) is 1. The van der Waals surface area contributed by atoms with Gasteiger partial charge in [0.25, 0.3) is 5.91 Å². The summed E-state index contributed by atoms with van der Waals surface area (Å²) in [5, 5.41) is 0. The molecule has 4 nitrogen and oxygen atoms in total. The molecule has 2 aromatic carbocycles. The average molecular weight is 335 g/mol. The minimum Gasteiger partial charge on any atom is -0.455 e. The lowest BCUT2D eigenvalue weighted by molar-refractivity contribution is 0.0825. The van der Waals surface area contributed by atoms with E-state index in [2.05, 4.69) is 15.9 Å². The lowest BCUT2D eigenvalue weighted by Gasteiger charge is -2.15. The van der Waals surface area contributed by atoms with Crippen LogP contribution in [0.3, 0.4) is 0 Å². The van der Waals surface area contributed by atoms with Gasteiger partial charge in [-0.1, -0.05) is 12.1 Å². The van der Waals surface area contributed by atoms with E-state index in [9.17, 15) is 4.79 Å². The molecule has 0 saturated heterocycles. The number of carbonyl (C=O) groups excluding carboxylic acids is 1. The molecule has 0 aliphatic carbocycles. The van der Waals surface area contributed by atoms with Crippen molar-refractivity contribution in [1.29, 1.82) is 0 Å². The molecule has 1 amide bonds. The number of anilines is 1. The third-order valence-corrected chi connectivity index (χ3v) is 3.35. The van der Waals surface area contributed by atoms with Crippen LogP contribution in [0.1, 0.15) is 10.4 Å². The van der Waals surface area contributed by atoms with E-state index in [0.717, 1.165) is 4.47 Å². The first-order chi connectivity index (χ1) is 9.49. The van der Waals surface area contributed by atoms with Gasteiger partial charge < -0.3 is 15.4 Å². The summed E-state index contributed by atoms with van der Waals surface area (Å²) in [5.74, 6) is 0.938. The fourth-order valence-electron chi connectivity index (χ4n) is 1.69. The molecule has 2 aromatic rings. The number of rotatable bonds is 3. The van der Waals surface area contributed by atoms with Gasteiger partial charge in [-0.2, -0.15) is 0 Å². The summed E-state index contributed by atoms with van der Waals surface area (Å²) in [7, 11) is 3.39. The van der Waals surface area contributed by atoms with E-state index in [0.29, 0.717) is 22.7 Å². The molecule has 0 bridgehead atoms. The Kier molecular flexibility index (Phi) is 4.29. The van der Waals surface area contributed by atoms with Crippen LogP contribution in [0.25, 0.3) is 0 Å². The van der Waals surface area contributed by atoms with E-state index in [4.69, 9.17) is 10.5 Å². The summed E-state index contributed by atoms with van der Waals surface area (Å²) in [6, 6.07) is 12.4. The van der Waals surface area contributed by atoms with Crippen LogP contribution in [0.5, 0.6) is 11.5 Å². The van der Waals surface area contributed by atoms with Crippen LogP contribution in [-0.2, 0) is 0 Å². The normalized spacial score (nSPS) is 10.2. The van der Waals surface area contributed by atoms with Crippen molar-refractivity contribution >= 4 is 27.5 Å². The van der Waals surface area contributed by atoms with E-state index in [1.807, 2.05) is 24.3 Å². The van der Waals surface area contributed by atoms with Crippen LogP contribution in [-0.4, -0.2) is 24.9 Å². The second-order valence-electron chi connectivity index (χ2n) is 4.49. The van der Waals surface area contributed by atoms with Gasteiger partial charge in [-0.25, -0.2) is 0 Å². The summed E-state index contributed by atoms with van der Waals surface area (Å²) < 4.78 is 6.63. The Hall–Kier alpha value is -2.01. The molecule has 2 rings (SSSR count). The van der Waals surface area contributed by atoms with Crippen molar-refractivity contribution in [1.82, 2.24) is 4.90 Å². The Morgan fingerprint density at radius 3 is 2.50 bits per heavy atom. The number of hydrogen-bond donors (Lipinski definition) is 1. The quantitative estimate of drug-likeness (QED) is 0.873. The van der Waals surface area contributed by atoms with Crippen LogP contribution in [0, 0.1) is 0 Å². The molecular weight excluding hydrogens is 320 g/mol. The number of hydrogen-bond acceptors (Lipinski definition) is 3. The first kappa shape index (κ1) is 14.4. The number of nitrogens with zero attached hydrogens (tertiary/aromatic N) is 1. The number of benzene rings is 2. The van der Waals surface area contributed by atoms with E-state index in [1.165, 1.54) is 4.90 Å². The summed E-state index contributed by atoms with van der Waals surface area (Å²) in [4.78, 5) is 13.6. The number of nitrogen functional groups attached to an aromatic ring is 1. The third kappa shape index (κ3) is 3.11. The summed E-state index contributed by atoms with van der Waals surface area (Å²) in [6.45, 7) is 0. The maximum Gasteiger partial charge on any atom is 0.257 e. The van der Waals surface area contributed by atoms with Gasteiger partial charge in [-0.15, -0.1) is 0 Å². The zero-order chi connectivity index (χ0) is 14.7. The maximum absolute atomic E-state index is 12.1. The molecule has 0 atom stereocenters. The second kappa shape index (κ2) is 5.96. The predicted molar refractivity (Wildman–Crippen MR) is 83.1 cm³/mol. The molecular formula is C15H15BrN2O2. The molecule has 0 unspecified atom stereocenters. The molecule has 0 aliphatic heterocycles. The topological polar surface area (TPSA) is 55.6 Å². The molecule has 0 saturated carbocycles. The smallest absolute Gasteiger partial charge is 0.257 e. The first-order valence-corrected chi connectivity index (χ1v) is 6.82. The van der Waals surface area contributed by atoms with Gasteiger partial charge in [-0.05, 0) is 40.2 Å². The largest absolute Gasteiger partial charge is 0.455 e. The SMILES string of the molecule is CN(C)C(=O)c1ccc(N)cc1Oc1ccccc1Br. The molecule has 0 aromatic heterocycles. The van der Waals surface area contributed by atoms with Crippen molar-refractivity contribution in [3.63, 3.8) is 0 Å². The highest BCUT2D eigenvalue weighted by Gasteiger charge is 2.16. The second-order valence-corrected chi connectivity index (χ2v) is 5.34. The first-order valence-electron chi connectivity index (χ1n) is 6.02. The van der Waals surface area contributed by atoms with E-state index < -0.39 is 0 Å². The van der Waals surface area contributed by atoms with Gasteiger partial charge in [0.2, 0.25) is 0 Å². The van der Waals surface area contributed by atoms with Crippen molar-refractivity contribution in [3.05, 3.63) is 52.5 Å². The zero-order valence-electron chi connectivity index (χ0n) is 11.3. The number of halogens is 1. The molecule has 0 aliphatic rings. The van der Waals surface area contributed by atoms with Crippen molar-refractivity contribution in [2.75, 3.05) is 19.8 Å². The molecule has 104 valence electrons. The van der Waals surface area contributed by atoms with Gasteiger partial charge >= 0.3 is 0 Å². The van der Waals surface area contributed by atoms with Gasteiger partial charge in [-0.3, -0.25) is 4.79 Å². The highest BCUT2D eigenvalue weighted by molar-refractivity contribution is 9.10. The fourth-order valence-corrected chi connectivity index (χ4v) is 2.05. The summed E-state index contributed by atoms with van der Waals surface area (Å²) in [5.41, 5.74) is 6.79. The van der Waals surface area contributed by atoms with E-state index in [1.54, 1.807) is 32.3 Å². The number of para-hydroxylation sites is 1. The zero-order valence-corrected chi connectivity index (χ0v) is 12.8. The Balaban J connectivity index is 2.43. The third-order valence-electron chi connectivity index (χ3n) is 2.70. The van der Waals surface area contributed by atoms with Gasteiger partial charge in [0.15, 0.2) is 0 Å². The predicted octanol–water partition coefficient (Wildman–Crippen LogP) is 3.53. The minimum atomic E-state index is -0.132. The lowest BCUT2D eigenvalue weighted by atomic mass is 10.1. The summed E-state index contributed by atoms with van der Waals surface area (Å²) in [6.07, 6.45) is 0. The van der Waals surface area contributed by atoms with Crippen molar-refractivity contribution < 1.29 is 9.53 Å². The van der Waals surface area contributed by atoms with Crippen molar-refractivity contribution in [2.45, 2.75) is 0 Å². The fraction of sp³-hybridized carbons (Fsp3) is 0.133. The van der Waals surface area contributed by atoms with Crippen molar-refractivity contribution in [3.8, 4) is 11.5 Å². The number of carbonyl (C=O) groups is 1. The van der Waals surface area contributed by atoms with E-state index in [-0.39, 0.29) is 5.91 Å². The summed E-state index contributed by atoms with van der Waals surface area (Å²) >= 11 is 3.41. The van der Waals surface area contributed by atoms with Crippen LogP contribution in [0.15, 0.2) is 46.9 Å². The molecule has 0 heterocycles. The average Bonchev–Trinajstić information content (AvgIpc) is 2.41. The van der Waals surface area contributed by atoms with Crippen LogP contribution in [0.2, 0.25) is 0 Å². The maximum atomic E-state index is 12.1. The Morgan fingerprint density at radius 1 is 1.15 bits per heavy atom. The molecule has 0 radical (unpaired) electrons. The van der Waals surface area contributed by atoms with Crippen LogP contribution in [0.4, 0.5) is 5.69 Å². The minimum absolute atomic E-state index is 0.132. The Labute approximate surface area is 126 Å². The Bertz CT molecular complexity index is 642. The van der Waals surface area contributed by atoms with Crippen LogP contribution < -0.4 is 10.5 Å². The molecule has 20 heavy (non-hydrogen) atoms. The molecule has 5 heteroatoms. The van der Waals surface area contributed by atoms with Gasteiger partial charge in [0, 0.05) is 25.8 Å². The standard InChI is InChI=1S/C15H15BrN2O2/c1-18(2)15(19)11-8-7-10(17)9-14(11)20-13-6-4-3-5-12(13)16/h3-9H,17H2,1-2H3. The monoisotopic (exact) mass is 334 g/mol. The van der Waals surface area contributed by atoms with Gasteiger partial charge in [0.05, 0.1) is 10.0 Å². The highest BCUT2D eigenvalue weighted by atomic mass is 79.9. The molecule has 0 fully saturated rings. The Morgan fingerprint density at radius 2 is 1.85 bits per heavy atom. The molecule has 2 N–H and O–H groups in total. The number of amides is 1. The number of ether oxygens (including phenoxy) is 1. The lowest BCUT2D eigenvalue weighted by Crippen LogP contribution is -2.22. The van der Waals surface area contributed by atoms with Crippen LogP contribution >= 0.6 is 15.9 Å². The van der Waals surface area contributed by atoms with Gasteiger partial charge in [0.1, 0.15) is 11.5 Å². The molecule has 0 spiro atoms. The highest BCUT2D eigenvalue weighted by Crippen LogP contribution is 2.32. The van der Waals surface area contributed by atoms with Crippen molar-refractivity contribution in [2.24, 2.45) is 0 Å². The van der Waals surface area contributed by atoms with E-state index >= 15 is 0 Å².